The Morgan fingerprint density at radius 3 is 2.88 bits per heavy atom. The molecular formula is C22H24ClFN8O2. The Bertz CT molecular complexity index is 1280. The third kappa shape index (κ3) is 3.76. The molecule has 0 radical (unpaired) electrons. The average molecular weight is 487 g/mol. The van der Waals surface area contributed by atoms with E-state index in [1.807, 2.05) is 6.92 Å². The van der Waals surface area contributed by atoms with Crippen LogP contribution in [0.3, 0.4) is 0 Å². The summed E-state index contributed by atoms with van der Waals surface area (Å²) in [5.74, 6) is 0.584. The molecule has 3 aromatic heterocycles. The van der Waals surface area contributed by atoms with Crippen molar-refractivity contribution in [3.05, 3.63) is 23.1 Å². The van der Waals surface area contributed by atoms with Gasteiger partial charge in [0.05, 0.1) is 48.1 Å². The summed E-state index contributed by atoms with van der Waals surface area (Å²) in [6.45, 7) is 4.44. The standard InChI is InChI=1S/C22H24ClFN8O2/c1-22(3-4-22)34-20-17-12(6-25)7-26-19(17)29-21(30-20)28-15-8-27-32(18(15)23)16-2-5-31(9-14(16)24)13-10-33-11-13/h7-8,13-14,16H,2-5,9-11H2,1H3,(H2,26,28,29,30)/t14-,16-/m0/s1. The van der Waals surface area contributed by atoms with Crippen LogP contribution in [-0.4, -0.2) is 73.8 Å². The SMILES string of the molecule is CC1(Oc2nc(Nc3cnn([C@H]4CCN(C5COC5)C[C@@H]4F)c3Cl)nc3[nH]cc(C#N)c23)CC1. The van der Waals surface area contributed by atoms with E-state index in [2.05, 4.69) is 36.3 Å². The second-order valence-corrected chi connectivity index (χ2v) is 9.78. The summed E-state index contributed by atoms with van der Waals surface area (Å²) >= 11 is 6.61. The highest BCUT2D eigenvalue weighted by Gasteiger charge is 2.41. The van der Waals surface area contributed by atoms with Crippen molar-refractivity contribution in [2.75, 3.05) is 31.6 Å². The smallest absolute Gasteiger partial charge is 0.232 e. The normalized spacial score (nSPS) is 24.5. The van der Waals surface area contributed by atoms with Crippen molar-refractivity contribution in [3.63, 3.8) is 0 Å². The molecule has 0 unspecified atom stereocenters. The topological polar surface area (TPSA) is 117 Å². The number of alkyl halides is 1. The zero-order valence-corrected chi connectivity index (χ0v) is 19.3. The predicted octanol–water partition coefficient (Wildman–Crippen LogP) is 3.34. The molecule has 2 atom stereocenters. The highest BCUT2D eigenvalue weighted by atomic mass is 35.5. The van der Waals surface area contributed by atoms with E-state index in [1.54, 1.807) is 12.4 Å². The van der Waals surface area contributed by atoms with E-state index in [0.29, 0.717) is 60.4 Å². The van der Waals surface area contributed by atoms with Gasteiger partial charge >= 0.3 is 0 Å². The number of anilines is 2. The molecular weight excluding hydrogens is 463 g/mol. The van der Waals surface area contributed by atoms with Crippen LogP contribution in [-0.2, 0) is 4.74 Å². The van der Waals surface area contributed by atoms with E-state index in [4.69, 9.17) is 21.1 Å². The molecule has 12 heteroatoms. The molecule has 0 bridgehead atoms. The summed E-state index contributed by atoms with van der Waals surface area (Å²) in [6, 6.07) is 2.00. The largest absolute Gasteiger partial charge is 0.471 e. The Hall–Kier alpha value is -2.94. The Kier molecular flexibility index (Phi) is 5.13. The number of H-pyrrole nitrogens is 1. The van der Waals surface area contributed by atoms with Gasteiger partial charge in [-0.1, -0.05) is 11.6 Å². The summed E-state index contributed by atoms with van der Waals surface area (Å²) in [7, 11) is 0. The first-order valence-electron chi connectivity index (χ1n) is 11.4. The van der Waals surface area contributed by atoms with Crippen molar-refractivity contribution >= 4 is 34.3 Å². The van der Waals surface area contributed by atoms with Gasteiger partial charge in [0.2, 0.25) is 11.8 Å². The molecule has 5 heterocycles. The number of ether oxygens (including phenoxy) is 2. The van der Waals surface area contributed by atoms with Gasteiger partial charge in [-0.2, -0.15) is 20.3 Å². The van der Waals surface area contributed by atoms with E-state index in [0.717, 1.165) is 19.4 Å². The van der Waals surface area contributed by atoms with Crippen LogP contribution < -0.4 is 10.1 Å². The van der Waals surface area contributed by atoms with E-state index in [1.165, 1.54) is 4.68 Å². The number of hydrogen-bond acceptors (Lipinski definition) is 8. The highest BCUT2D eigenvalue weighted by molar-refractivity contribution is 6.32. The lowest BCUT2D eigenvalue weighted by Crippen LogP contribution is -2.55. The van der Waals surface area contributed by atoms with Gasteiger partial charge in [-0.15, -0.1) is 0 Å². The number of piperidine rings is 1. The molecule has 1 saturated carbocycles. The van der Waals surface area contributed by atoms with Gasteiger partial charge in [0, 0.05) is 19.3 Å². The van der Waals surface area contributed by atoms with Crippen molar-refractivity contribution in [2.24, 2.45) is 0 Å². The van der Waals surface area contributed by atoms with E-state index in [9.17, 15) is 5.26 Å². The van der Waals surface area contributed by atoms with Crippen LogP contribution in [0.15, 0.2) is 12.4 Å². The van der Waals surface area contributed by atoms with Crippen LogP contribution >= 0.6 is 11.6 Å². The van der Waals surface area contributed by atoms with Gasteiger partial charge < -0.3 is 19.8 Å². The van der Waals surface area contributed by atoms with Crippen molar-refractivity contribution < 1.29 is 13.9 Å². The van der Waals surface area contributed by atoms with Gasteiger partial charge in [0.1, 0.15) is 23.5 Å². The Morgan fingerprint density at radius 1 is 1.38 bits per heavy atom. The molecule has 2 saturated heterocycles. The van der Waals surface area contributed by atoms with E-state index >= 15 is 4.39 Å². The lowest BCUT2D eigenvalue weighted by Gasteiger charge is -2.42. The van der Waals surface area contributed by atoms with E-state index in [-0.39, 0.29) is 16.7 Å². The molecule has 178 valence electrons. The monoisotopic (exact) mass is 486 g/mol. The van der Waals surface area contributed by atoms with Crippen LogP contribution in [0.5, 0.6) is 5.88 Å². The summed E-state index contributed by atoms with van der Waals surface area (Å²) in [6.07, 6.45) is 4.49. The van der Waals surface area contributed by atoms with E-state index < -0.39 is 12.2 Å². The fourth-order valence-electron chi connectivity index (χ4n) is 4.47. The molecule has 2 aliphatic heterocycles. The van der Waals surface area contributed by atoms with Crippen molar-refractivity contribution in [2.45, 2.75) is 50.0 Å². The molecule has 1 aliphatic carbocycles. The van der Waals surface area contributed by atoms with Crippen molar-refractivity contribution in [1.29, 1.82) is 5.26 Å². The van der Waals surface area contributed by atoms with Crippen LogP contribution in [0.4, 0.5) is 16.0 Å². The first-order valence-corrected chi connectivity index (χ1v) is 11.8. The predicted molar refractivity (Wildman–Crippen MR) is 122 cm³/mol. The van der Waals surface area contributed by atoms with Crippen LogP contribution in [0.1, 0.15) is 37.8 Å². The van der Waals surface area contributed by atoms with Gasteiger partial charge in [-0.05, 0) is 26.2 Å². The Labute approximate surface area is 200 Å². The van der Waals surface area contributed by atoms with Crippen molar-refractivity contribution in [3.8, 4) is 11.9 Å². The summed E-state index contributed by atoms with van der Waals surface area (Å²) in [4.78, 5) is 14.1. The second kappa shape index (κ2) is 8.08. The number of nitrogens with zero attached hydrogens (tertiary/aromatic N) is 6. The molecule has 10 nitrogen and oxygen atoms in total. The first kappa shape index (κ1) is 21.6. The van der Waals surface area contributed by atoms with Crippen LogP contribution in [0, 0.1) is 11.3 Å². The lowest BCUT2D eigenvalue weighted by molar-refractivity contribution is -0.0847. The number of nitrogens with one attached hydrogen (secondary N) is 2. The minimum absolute atomic E-state index is 0.246. The Morgan fingerprint density at radius 2 is 2.21 bits per heavy atom. The second-order valence-electron chi connectivity index (χ2n) is 9.42. The molecule has 2 N–H and O–H groups in total. The number of likely N-dealkylation sites (tertiary alicyclic amines) is 1. The maximum absolute atomic E-state index is 15.1. The molecule has 3 aliphatic rings. The number of halogens is 2. The summed E-state index contributed by atoms with van der Waals surface area (Å²) in [5.41, 5.74) is 1.08. The summed E-state index contributed by atoms with van der Waals surface area (Å²) < 4.78 is 27.9. The number of fused-ring (bicyclic) bond motifs is 1. The average Bonchev–Trinajstić information content (AvgIpc) is 3.19. The van der Waals surface area contributed by atoms with Gasteiger partial charge in [-0.3, -0.25) is 4.90 Å². The van der Waals surface area contributed by atoms with Gasteiger partial charge in [0.25, 0.3) is 0 Å². The molecule has 0 aromatic carbocycles. The number of hydrogen-bond donors (Lipinski definition) is 2. The number of aromatic amines is 1. The molecule has 0 spiro atoms. The van der Waals surface area contributed by atoms with Crippen LogP contribution in [0.25, 0.3) is 11.0 Å². The number of nitriles is 1. The highest BCUT2D eigenvalue weighted by Crippen LogP contribution is 2.42. The number of aromatic nitrogens is 5. The minimum atomic E-state index is -1.09. The molecule has 3 fully saturated rings. The van der Waals surface area contributed by atoms with Crippen LogP contribution in [0.2, 0.25) is 5.15 Å². The quantitative estimate of drug-likeness (QED) is 0.545. The minimum Gasteiger partial charge on any atom is -0.471 e. The fourth-order valence-corrected chi connectivity index (χ4v) is 4.73. The zero-order valence-electron chi connectivity index (χ0n) is 18.6. The Balaban J connectivity index is 1.25. The third-order valence-corrected chi connectivity index (χ3v) is 7.26. The maximum Gasteiger partial charge on any atom is 0.232 e. The zero-order chi connectivity index (χ0) is 23.4. The van der Waals surface area contributed by atoms with Crippen molar-refractivity contribution in [1.82, 2.24) is 29.6 Å². The first-order chi connectivity index (χ1) is 16.4. The molecule has 3 aromatic rings. The maximum atomic E-state index is 15.1. The van der Waals surface area contributed by atoms with Gasteiger partial charge in [-0.25, -0.2) is 9.07 Å². The molecule has 6 rings (SSSR count). The van der Waals surface area contributed by atoms with Gasteiger partial charge in [0.15, 0.2) is 5.15 Å². The third-order valence-electron chi connectivity index (χ3n) is 6.89. The lowest BCUT2D eigenvalue weighted by atomic mass is 10.0. The number of rotatable bonds is 6. The molecule has 0 amide bonds. The molecule has 34 heavy (non-hydrogen) atoms. The summed E-state index contributed by atoms with van der Waals surface area (Å²) in [5, 5.41) is 17.7. The fraction of sp³-hybridized carbons (Fsp3) is 0.545.